The van der Waals surface area contributed by atoms with E-state index in [4.69, 9.17) is 0 Å². The van der Waals surface area contributed by atoms with E-state index in [1.54, 1.807) is 6.20 Å². The summed E-state index contributed by atoms with van der Waals surface area (Å²) in [6, 6.07) is 9.93. The maximum absolute atomic E-state index is 12.8. The first-order valence-electron chi connectivity index (χ1n) is 9.74. The highest BCUT2D eigenvalue weighted by atomic mass is 16.1. The number of amides is 1. The molecule has 0 spiro atoms. The van der Waals surface area contributed by atoms with Crippen molar-refractivity contribution in [3.05, 3.63) is 72.2 Å². The number of rotatable bonds is 6. The van der Waals surface area contributed by atoms with Crippen LogP contribution in [0.1, 0.15) is 41.8 Å². The molecule has 148 valence electrons. The highest BCUT2D eigenvalue weighted by Crippen LogP contribution is 2.24. The van der Waals surface area contributed by atoms with Crippen LogP contribution < -0.4 is 5.32 Å². The van der Waals surface area contributed by atoms with Gasteiger partial charge in [-0.2, -0.15) is 0 Å². The van der Waals surface area contributed by atoms with Gasteiger partial charge in [0.25, 0.3) is 5.91 Å². The Balaban J connectivity index is 1.62. The van der Waals surface area contributed by atoms with Crippen molar-refractivity contribution < 1.29 is 4.79 Å². The lowest BCUT2D eigenvalue weighted by molar-refractivity contribution is 0.0951. The number of aromatic nitrogens is 5. The van der Waals surface area contributed by atoms with Crippen molar-refractivity contribution in [2.24, 2.45) is 0 Å². The van der Waals surface area contributed by atoms with Crippen LogP contribution in [0.2, 0.25) is 0 Å². The van der Waals surface area contributed by atoms with E-state index in [0.717, 1.165) is 29.0 Å². The summed E-state index contributed by atoms with van der Waals surface area (Å²) in [6.07, 6.45) is 8.17. The standard InChI is InChI=1S/C22H24N6O/c1-15(2)28-14-18(25-16(28)3)21-26-20(19-8-4-5-12-27(19)21)22(29)24-11-9-17-7-6-10-23-13-17/h4-8,10,12-15H,9,11H2,1-3H3,(H,24,29). The molecule has 0 fully saturated rings. The number of nitrogens with zero attached hydrogens (tertiary/aromatic N) is 5. The number of fused-ring (bicyclic) bond motifs is 1. The zero-order chi connectivity index (χ0) is 20.4. The highest BCUT2D eigenvalue weighted by molar-refractivity contribution is 5.99. The summed E-state index contributed by atoms with van der Waals surface area (Å²) in [7, 11) is 0. The molecule has 0 saturated heterocycles. The van der Waals surface area contributed by atoms with E-state index in [9.17, 15) is 4.79 Å². The first kappa shape index (κ1) is 18.9. The Morgan fingerprint density at radius 2 is 2.03 bits per heavy atom. The van der Waals surface area contributed by atoms with Crippen LogP contribution >= 0.6 is 0 Å². The van der Waals surface area contributed by atoms with E-state index >= 15 is 0 Å². The molecule has 0 saturated carbocycles. The Labute approximate surface area is 169 Å². The zero-order valence-corrected chi connectivity index (χ0v) is 16.8. The fourth-order valence-corrected chi connectivity index (χ4v) is 3.45. The first-order chi connectivity index (χ1) is 14.0. The monoisotopic (exact) mass is 388 g/mol. The average molecular weight is 388 g/mol. The van der Waals surface area contributed by atoms with Gasteiger partial charge in [-0.1, -0.05) is 12.1 Å². The van der Waals surface area contributed by atoms with Crippen LogP contribution in [0.15, 0.2) is 55.1 Å². The maximum Gasteiger partial charge on any atom is 0.272 e. The third-order valence-corrected chi connectivity index (χ3v) is 4.89. The summed E-state index contributed by atoms with van der Waals surface area (Å²) < 4.78 is 4.02. The average Bonchev–Trinajstić information content (AvgIpc) is 3.29. The summed E-state index contributed by atoms with van der Waals surface area (Å²) in [5.74, 6) is 1.40. The second-order valence-electron chi connectivity index (χ2n) is 7.28. The molecule has 4 heterocycles. The number of hydrogen-bond donors (Lipinski definition) is 1. The molecule has 0 radical (unpaired) electrons. The fraction of sp³-hybridized carbons (Fsp3) is 0.273. The molecule has 4 aromatic heterocycles. The molecule has 0 aliphatic carbocycles. The van der Waals surface area contributed by atoms with E-state index in [2.05, 4.69) is 38.7 Å². The van der Waals surface area contributed by atoms with E-state index in [0.29, 0.717) is 24.1 Å². The van der Waals surface area contributed by atoms with Crippen LogP contribution in [0.4, 0.5) is 0 Å². The SMILES string of the molecule is Cc1nc(-c2nc(C(=O)NCCc3cccnc3)c3ccccn23)cn1C(C)C. The van der Waals surface area contributed by atoms with Gasteiger partial charge in [-0.25, -0.2) is 9.97 Å². The van der Waals surface area contributed by atoms with Gasteiger partial charge in [-0.05, 0) is 51.0 Å². The topological polar surface area (TPSA) is 77.1 Å². The minimum Gasteiger partial charge on any atom is -0.350 e. The number of carbonyl (C=O) groups is 1. The molecular weight excluding hydrogens is 364 g/mol. The molecule has 0 aliphatic rings. The Bertz CT molecular complexity index is 1140. The third-order valence-electron chi connectivity index (χ3n) is 4.89. The zero-order valence-electron chi connectivity index (χ0n) is 16.8. The van der Waals surface area contributed by atoms with Crippen LogP contribution in [-0.2, 0) is 6.42 Å². The fourth-order valence-electron chi connectivity index (χ4n) is 3.45. The quantitative estimate of drug-likeness (QED) is 0.549. The number of hydrogen-bond acceptors (Lipinski definition) is 4. The van der Waals surface area contributed by atoms with E-state index in [1.807, 2.05) is 60.2 Å². The molecule has 0 bridgehead atoms. The van der Waals surface area contributed by atoms with Crippen molar-refractivity contribution in [2.75, 3.05) is 6.54 Å². The van der Waals surface area contributed by atoms with Crippen LogP contribution in [-0.4, -0.2) is 36.4 Å². The Morgan fingerprint density at radius 1 is 1.17 bits per heavy atom. The molecule has 0 aliphatic heterocycles. The minimum absolute atomic E-state index is 0.191. The van der Waals surface area contributed by atoms with Crippen molar-refractivity contribution >= 4 is 11.4 Å². The van der Waals surface area contributed by atoms with Crippen molar-refractivity contribution in [1.29, 1.82) is 0 Å². The van der Waals surface area contributed by atoms with Crippen molar-refractivity contribution in [2.45, 2.75) is 33.2 Å². The largest absolute Gasteiger partial charge is 0.350 e. The summed E-state index contributed by atoms with van der Waals surface area (Å²) >= 11 is 0. The minimum atomic E-state index is -0.191. The number of nitrogens with one attached hydrogen (secondary N) is 1. The van der Waals surface area contributed by atoms with Crippen LogP contribution in [0.25, 0.3) is 17.0 Å². The second kappa shape index (κ2) is 7.87. The normalized spacial score (nSPS) is 11.3. The molecule has 4 aromatic rings. The van der Waals surface area contributed by atoms with Crippen LogP contribution in [0.5, 0.6) is 0 Å². The van der Waals surface area contributed by atoms with Gasteiger partial charge >= 0.3 is 0 Å². The van der Waals surface area contributed by atoms with Gasteiger partial charge in [-0.15, -0.1) is 0 Å². The molecule has 7 nitrogen and oxygen atoms in total. The van der Waals surface area contributed by atoms with E-state index in [-0.39, 0.29) is 5.91 Å². The molecule has 1 N–H and O–H groups in total. The highest BCUT2D eigenvalue weighted by Gasteiger charge is 2.20. The Hall–Kier alpha value is -3.48. The molecular formula is C22H24N6O. The lowest BCUT2D eigenvalue weighted by Gasteiger charge is -2.07. The van der Waals surface area contributed by atoms with Crippen molar-refractivity contribution in [1.82, 2.24) is 29.2 Å². The lowest BCUT2D eigenvalue weighted by atomic mass is 10.2. The van der Waals surface area contributed by atoms with Gasteiger partial charge in [0.15, 0.2) is 11.5 Å². The molecule has 0 atom stereocenters. The Kier molecular flexibility index (Phi) is 5.12. The first-order valence-corrected chi connectivity index (χ1v) is 9.74. The van der Waals surface area contributed by atoms with Crippen molar-refractivity contribution in [3.63, 3.8) is 0 Å². The second-order valence-corrected chi connectivity index (χ2v) is 7.28. The van der Waals surface area contributed by atoms with Gasteiger partial charge in [0.2, 0.25) is 0 Å². The van der Waals surface area contributed by atoms with Gasteiger partial charge in [0.1, 0.15) is 11.5 Å². The number of pyridine rings is 2. The van der Waals surface area contributed by atoms with Gasteiger partial charge in [0, 0.05) is 37.4 Å². The molecule has 7 heteroatoms. The summed E-state index contributed by atoms with van der Waals surface area (Å²) in [5.41, 5.74) is 3.01. The third kappa shape index (κ3) is 3.76. The van der Waals surface area contributed by atoms with Crippen LogP contribution in [0, 0.1) is 6.92 Å². The summed E-state index contributed by atoms with van der Waals surface area (Å²) in [4.78, 5) is 26.3. The lowest BCUT2D eigenvalue weighted by Crippen LogP contribution is -2.26. The predicted molar refractivity (Wildman–Crippen MR) is 112 cm³/mol. The summed E-state index contributed by atoms with van der Waals surface area (Å²) in [5, 5.41) is 2.97. The van der Waals surface area contributed by atoms with Gasteiger partial charge < -0.3 is 9.88 Å². The molecule has 1 amide bonds. The summed E-state index contributed by atoms with van der Waals surface area (Å²) in [6.45, 7) is 6.73. The predicted octanol–water partition coefficient (Wildman–Crippen LogP) is 3.45. The maximum atomic E-state index is 12.8. The molecule has 0 unspecified atom stereocenters. The smallest absolute Gasteiger partial charge is 0.272 e. The van der Waals surface area contributed by atoms with Gasteiger partial charge in [0.05, 0.1) is 5.52 Å². The van der Waals surface area contributed by atoms with E-state index < -0.39 is 0 Å². The number of aryl methyl sites for hydroxylation is 1. The van der Waals surface area contributed by atoms with Crippen molar-refractivity contribution in [3.8, 4) is 11.5 Å². The van der Waals surface area contributed by atoms with Gasteiger partial charge in [-0.3, -0.25) is 14.2 Å². The molecule has 0 aromatic carbocycles. The number of carbonyl (C=O) groups excluding carboxylic acids is 1. The molecule has 29 heavy (non-hydrogen) atoms. The Morgan fingerprint density at radius 3 is 2.76 bits per heavy atom. The van der Waals surface area contributed by atoms with E-state index in [1.165, 1.54) is 0 Å². The molecule has 4 rings (SSSR count). The number of imidazole rings is 2. The van der Waals surface area contributed by atoms with Crippen LogP contribution in [0.3, 0.4) is 0 Å².